The Morgan fingerprint density at radius 2 is 2.30 bits per heavy atom. The number of rotatable bonds is 3. The molecule has 1 heterocycles. The van der Waals surface area contributed by atoms with Gasteiger partial charge in [-0.3, -0.25) is 0 Å². The molecule has 0 spiro atoms. The molecule has 1 N–H and O–H groups in total. The minimum absolute atomic E-state index is 0.572. The van der Waals surface area contributed by atoms with E-state index in [-0.39, 0.29) is 0 Å². The summed E-state index contributed by atoms with van der Waals surface area (Å²) in [7, 11) is 0. The molecule has 20 heavy (non-hydrogen) atoms. The Labute approximate surface area is 117 Å². The third-order valence-corrected chi connectivity index (χ3v) is 4.52. The molecule has 1 aromatic carbocycles. The van der Waals surface area contributed by atoms with Crippen molar-refractivity contribution >= 4 is 5.69 Å². The number of aromatic nitrogens is 4. The Morgan fingerprint density at radius 3 is 3.10 bits per heavy atom. The summed E-state index contributed by atoms with van der Waals surface area (Å²) in [5, 5.41) is 15.0. The lowest BCUT2D eigenvalue weighted by molar-refractivity contribution is 0.218. The molecular weight excluding hydrogens is 250 g/mol. The molecule has 0 bridgehead atoms. The summed E-state index contributed by atoms with van der Waals surface area (Å²) in [6.07, 6.45) is 8.84. The predicted molar refractivity (Wildman–Crippen MR) is 76.7 cm³/mol. The van der Waals surface area contributed by atoms with E-state index in [9.17, 15) is 0 Å². The van der Waals surface area contributed by atoms with Crippen LogP contribution in [0.2, 0.25) is 0 Å². The summed E-state index contributed by atoms with van der Waals surface area (Å²) in [6, 6.07) is 6.94. The van der Waals surface area contributed by atoms with Crippen LogP contribution < -0.4 is 5.32 Å². The molecule has 1 aromatic heterocycles. The van der Waals surface area contributed by atoms with E-state index in [0.717, 1.165) is 22.9 Å². The van der Waals surface area contributed by atoms with Crippen molar-refractivity contribution in [1.29, 1.82) is 0 Å². The van der Waals surface area contributed by atoms with Crippen molar-refractivity contribution in [3.8, 4) is 5.69 Å². The molecule has 0 radical (unpaired) electrons. The third kappa shape index (κ3) is 1.81. The monoisotopic (exact) mass is 267 g/mol. The zero-order valence-corrected chi connectivity index (χ0v) is 11.4. The molecule has 3 atom stereocenters. The molecular formula is C15H17N5. The van der Waals surface area contributed by atoms with Crippen LogP contribution in [0.5, 0.6) is 0 Å². The van der Waals surface area contributed by atoms with Gasteiger partial charge in [-0.25, -0.2) is 4.68 Å². The fourth-order valence-corrected chi connectivity index (χ4v) is 3.32. The number of benzene rings is 1. The molecule has 5 nitrogen and oxygen atoms in total. The van der Waals surface area contributed by atoms with Crippen LogP contribution in [-0.4, -0.2) is 26.2 Å². The number of hydrogen-bond acceptors (Lipinski definition) is 4. The smallest absolute Gasteiger partial charge is 0.143 e. The second-order valence-corrected chi connectivity index (χ2v) is 5.74. The molecule has 102 valence electrons. The van der Waals surface area contributed by atoms with Crippen LogP contribution in [0, 0.1) is 18.8 Å². The Kier molecular flexibility index (Phi) is 2.58. The lowest BCUT2D eigenvalue weighted by Crippen LogP contribution is -2.43. The number of tetrazole rings is 1. The first kappa shape index (κ1) is 11.6. The van der Waals surface area contributed by atoms with Crippen LogP contribution in [-0.2, 0) is 0 Å². The van der Waals surface area contributed by atoms with Crippen LogP contribution in [0.25, 0.3) is 5.69 Å². The molecule has 0 aliphatic heterocycles. The number of allylic oxidation sites excluding steroid dienone is 1. The van der Waals surface area contributed by atoms with Crippen LogP contribution in [0.15, 0.2) is 36.7 Å². The van der Waals surface area contributed by atoms with Gasteiger partial charge in [0.2, 0.25) is 0 Å². The molecule has 1 saturated carbocycles. The number of fused-ring (bicyclic) bond motifs is 1. The quantitative estimate of drug-likeness (QED) is 0.867. The average Bonchev–Trinajstić information content (AvgIpc) is 3.07. The standard InChI is InChI=1S/C15H17N5/c1-10-5-6-12(8-15(10)20-9-16-18-19-20)17-14-7-11-3-2-4-13(11)14/h2,4-6,8-9,11,13-14,17H,3,7H2,1H3. The van der Waals surface area contributed by atoms with E-state index in [1.165, 1.54) is 12.8 Å². The second-order valence-electron chi connectivity index (χ2n) is 5.74. The SMILES string of the molecule is Cc1ccc(NC2CC3CC=CC32)cc1-n1cnnn1. The maximum atomic E-state index is 3.97. The Hall–Kier alpha value is -2.17. The highest BCUT2D eigenvalue weighted by atomic mass is 15.5. The van der Waals surface area contributed by atoms with E-state index >= 15 is 0 Å². The highest BCUT2D eigenvalue weighted by Crippen LogP contribution is 2.44. The van der Waals surface area contributed by atoms with Crippen LogP contribution in [0.3, 0.4) is 0 Å². The van der Waals surface area contributed by atoms with Crippen molar-refractivity contribution in [3.63, 3.8) is 0 Å². The maximum Gasteiger partial charge on any atom is 0.143 e. The Morgan fingerprint density at radius 1 is 1.35 bits per heavy atom. The van der Waals surface area contributed by atoms with E-state index < -0.39 is 0 Å². The average molecular weight is 267 g/mol. The number of anilines is 1. The first-order chi connectivity index (χ1) is 9.81. The normalized spacial score (nSPS) is 27.1. The van der Waals surface area contributed by atoms with Gasteiger partial charge >= 0.3 is 0 Å². The molecule has 2 aromatic rings. The minimum Gasteiger partial charge on any atom is -0.382 e. The first-order valence-corrected chi connectivity index (χ1v) is 7.08. The molecule has 0 amide bonds. The molecule has 0 saturated heterocycles. The van der Waals surface area contributed by atoms with Gasteiger partial charge in [-0.15, -0.1) is 5.10 Å². The van der Waals surface area contributed by atoms with Gasteiger partial charge in [0.05, 0.1) is 5.69 Å². The fraction of sp³-hybridized carbons (Fsp3) is 0.400. The molecule has 4 rings (SSSR count). The number of aryl methyl sites for hydroxylation is 1. The topological polar surface area (TPSA) is 55.6 Å². The zero-order valence-electron chi connectivity index (χ0n) is 11.4. The van der Waals surface area contributed by atoms with Gasteiger partial charge in [0, 0.05) is 17.6 Å². The van der Waals surface area contributed by atoms with E-state index in [4.69, 9.17) is 0 Å². The fourth-order valence-electron chi connectivity index (χ4n) is 3.32. The lowest BCUT2D eigenvalue weighted by atomic mass is 9.71. The van der Waals surface area contributed by atoms with E-state index in [2.05, 4.69) is 58.1 Å². The van der Waals surface area contributed by atoms with Gasteiger partial charge in [0.25, 0.3) is 0 Å². The molecule has 1 fully saturated rings. The number of nitrogens with one attached hydrogen (secondary N) is 1. The Bertz CT molecular complexity index is 646. The van der Waals surface area contributed by atoms with Gasteiger partial charge < -0.3 is 5.32 Å². The summed E-state index contributed by atoms with van der Waals surface area (Å²) in [5.41, 5.74) is 3.33. The summed E-state index contributed by atoms with van der Waals surface area (Å²) < 4.78 is 1.71. The summed E-state index contributed by atoms with van der Waals surface area (Å²) >= 11 is 0. The molecule has 5 heteroatoms. The van der Waals surface area contributed by atoms with Crippen LogP contribution >= 0.6 is 0 Å². The minimum atomic E-state index is 0.572. The zero-order chi connectivity index (χ0) is 13.5. The van der Waals surface area contributed by atoms with Crippen LogP contribution in [0.4, 0.5) is 5.69 Å². The highest BCUT2D eigenvalue weighted by molar-refractivity contribution is 5.55. The summed E-state index contributed by atoms with van der Waals surface area (Å²) in [6.45, 7) is 2.07. The second kappa shape index (κ2) is 4.44. The largest absolute Gasteiger partial charge is 0.382 e. The highest BCUT2D eigenvalue weighted by Gasteiger charge is 2.40. The van der Waals surface area contributed by atoms with E-state index in [0.29, 0.717) is 12.0 Å². The van der Waals surface area contributed by atoms with E-state index in [1.54, 1.807) is 11.0 Å². The van der Waals surface area contributed by atoms with Gasteiger partial charge in [-0.05, 0) is 53.8 Å². The van der Waals surface area contributed by atoms with Crippen LogP contribution in [0.1, 0.15) is 18.4 Å². The van der Waals surface area contributed by atoms with Gasteiger partial charge in [-0.2, -0.15) is 0 Å². The van der Waals surface area contributed by atoms with Crippen molar-refractivity contribution in [2.75, 3.05) is 5.32 Å². The third-order valence-electron chi connectivity index (χ3n) is 4.52. The van der Waals surface area contributed by atoms with E-state index in [1.807, 2.05) is 0 Å². The molecule has 2 aliphatic carbocycles. The van der Waals surface area contributed by atoms with Gasteiger partial charge in [-0.1, -0.05) is 18.2 Å². The summed E-state index contributed by atoms with van der Waals surface area (Å²) in [5.74, 6) is 1.59. The van der Waals surface area contributed by atoms with Crippen molar-refractivity contribution in [2.24, 2.45) is 11.8 Å². The predicted octanol–water partition coefficient (Wildman–Crippen LogP) is 2.35. The van der Waals surface area contributed by atoms with Gasteiger partial charge in [0.1, 0.15) is 6.33 Å². The van der Waals surface area contributed by atoms with Crippen molar-refractivity contribution in [3.05, 3.63) is 42.2 Å². The Balaban J connectivity index is 1.57. The number of hydrogen-bond donors (Lipinski definition) is 1. The first-order valence-electron chi connectivity index (χ1n) is 7.08. The van der Waals surface area contributed by atoms with Gasteiger partial charge in [0.15, 0.2) is 0 Å². The molecule has 3 unspecified atom stereocenters. The van der Waals surface area contributed by atoms with Crippen molar-refractivity contribution in [1.82, 2.24) is 20.2 Å². The lowest BCUT2D eigenvalue weighted by Gasteiger charge is -2.41. The van der Waals surface area contributed by atoms with Crippen molar-refractivity contribution in [2.45, 2.75) is 25.8 Å². The molecule has 2 aliphatic rings. The van der Waals surface area contributed by atoms with Crippen molar-refractivity contribution < 1.29 is 0 Å². The maximum absolute atomic E-state index is 3.97. The summed E-state index contributed by atoms with van der Waals surface area (Å²) in [4.78, 5) is 0. The number of nitrogens with zero attached hydrogens (tertiary/aromatic N) is 4.